The van der Waals surface area contributed by atoms with E-state index in [1.54, 1.807) is 14.2 Å². The van der Waals surface area contributed by atoms with Gasteiger partial charge in [0.1, 0.15) is 17.9 Å². The molecule has 2 rings (SSSR count). The van der Waals surface area contributed by atoms with Gasteiger partial charge in [0.25, 0.3) is 0 Å². The molecule has 1 heterocycles. The average Bonchev–Trinajstić information content (AvgIpc) is 2.65. The fourth-order valence-corrected chi connectivity index (χ4v) is 3.34. The summed E-state index contributed by atoms with van der Waals surface area (Å²) < 4.78 is 10.5. The molecule has 0 aromatic heterocycles. The summed E-state index contributed by atoms with van der Waals surface area (Å²) in [6.07, 6.45) is 3.74. The van der Waals surface area contributed by atoms with Gasteiger partial charge in [-0.1, -0.05) is 12.1 Å². The van der Waals surface area contributed by atoms with Crippen LogP contribution in [0.5, 0.6) is 5.75 Å². The molecular weight excluding hydrogens is 356 g/mol. The highest BCUT2D eigenvalue weighted by Crippen LogP contribution is 2.23. The van der Waals surface area contributed by atoms with Crippen LogP contribution < -0.4 is 4.74 Å². The molecule has 0 atom stereocenters. The molecule has 1 aromatic carbocycles. The summed E-state index contributed by atoms with van der Waals surface area (Å²) in [5.74, 6) is 1.50. The van der Waals surface area contributed by atoms with Crippen LogP contribution in [0.1, 0.15) is 45.6 Å². The fraction of sp³-hybridized carbons (Fsp3) is 0.636. The average molecular weight is 391 g/mol. The lowest BCUT2D eigenvalue weighted by Gasteiger charge is -2.33. The second-order valence-corrected chi connectivity index (χ2v) is 8.55. The van der Waals surface area contributed by atoms with Gasteiger partial charge in [-0.15, -0.1) is 0 Å². The molecule has 0 saturated carbocycles. The van der Waals surface area contributed by atoms with E-state index in [0.717, 1.165) is 44.5 Å². The number of hydrogen-bond donors (Lipinski definition) is 0. The molecule has 28 heavy (non-hydrogen) atoms. The van der Waals surface area contributed by atoms with Crippen molar-refractivity contribution in [3.8, 4) is 5.75 Å². The summed E-state index contributed by atoms with van der Waals surface area (Å²) in [5, 5.41) is 0. The van der Waals surface area contributed by atoms with E-state index in [1.807, 2.05) is 37.8 Å². The van der Waals surface area contributed by atoms with Crippen molar-refractivity contribution in [2.45, 2.75) is 52.1 Å². The molecule has 6 heteroatoms. The van der Waals surface area contributed by atoms with Crippen molar-refractivity contribution in [2.24, 2.45) is 5.92 Å². The largest absolute Gasteiger partial charge is 0.497 e. The highest BCUT2D eigenvalue weighted by Gasteiger charge is 2.26. The predicted molar refractivity (Wildman–Crippen MR) is 109 cm³/mol. The Bertz CT molecular complexity index is 643. The number of likely N-dealkylation sites (N-methyl/N-ethyl adjacent to an activating group) is 1. The molecule has 0 bridgehead atoms. The van der Waals surface area contributed by atoms with E-state index < -0.39 is 11.7 Å². The number of benzene rings is 1. The van der Waals surface area contributed by atoms with Crippen LogP contribution in [-0.4, -0.2) is 61.2 Å². The Balaban J connectivity index is 1.71. The maximum absolute atomic E-state index is 12.5. The second kappa shape index (κ2) is 9.80. The molecule has 1 aliphatic rings. The Labute approximate surface area is 168 Å². The van der Waals surface area contributed by atoms with E-state index in [4.69, 9.17) is 9.47 Å². The number of likely N-dealkylation sites (tertiary alicyclic amines) is 1. The molecule has 1 fully saturated rings. The number of carbonyl (C=O) groups excluding carboxylic acids is 2. The Kier molecular flexibility index (Phi) is 7.72. The maximum atomic E-state index is 12.5. The van der Waals surface area contributed by atoms with Crippen LogP contribution in [0.2, 0.25) is 0 Å². The van der Waals surface area contributed by atoms with Crippen LogP contribution in [0.3, 0.4) is 0 Å². The first-order valence-corrected chi connectivity index (χ1v) is 10.0. The number of methoxy groups -OCH3 is 1. The molecule has 1 aromatic rings. The summed E-state index contributed by atoms with van der Waals surface area (Å²) in [6.45, 7) is 7.03. The first kappa shape index (κ1) is 22.1. The lowest BCUT2D eigenvalue weighted by molar-refractivity contribution is -0.133. The Morgan fingerprint density at radius 3 is 2.29 bits per heavy atom. The second-order valence-electron chi connectivity index (χ2n) is 8.55. The van der Waals surface area contributed by atoms with Gasteiger partial charge in [0, 0.05) is 20.1 Å². The lowest BCUT2D eigenvalue weighted by Crippen LogP contribution is -2.45. The molecule has 1 aliphatic heterocycles. The monoisotopic (exact) mass is 390 g/mol. The van der Waals surface area contributed by atoms with E-state index >= 15 is 0 Å². The van der Waals surface area contributed by atoms with Crippen LogP contribution in [0.15, 0.2) is 24.3 Å². The minimum atomic E-state index is -0.559. The first-order chi connectivity index (χ1) is 13.2. The zero-order valence-electron chi connectivity index (χ0n) is 17.9. The number of piperidine rings is 1. The minimum Gasteiger partial charge on any atom is -0.497 e. The van der Waals surface area contributed by atoms with E-state index in [9.17, 15) is 9.59 Å². The number of aryl methyl sites for hydroxylation is 1. The van der Waals surface area contributed by atoms with Gasteiger partial charge >= 0.3 is 6.09 Å². The highest BCUT2D eigenvalue weighted by atomic mass is 16.6. The Morgan fingerprint density at radius 2 is 1.75 bits per heavy atom. The molecule has 0 aliphatic carbocycles. The van der Waals surface area contributed by atoms with Gasteiger partial charge in [0.2, 0.25) is 5.91 Å². The van der Waals surface area contributed by atoms with Crippen molar-refractivity contribution >= 4 is 12.0 Å². The van der Waals surface area contributed by atoms with E-state index in [1.165, 1.54) is 10.5 Å². The Hall–Kier alpha value is -2.24. The van der Waals surface area contributed by atoms with E-state index in [-0.39, 0.29) is 12.5 Å². The van der Waals surface area contributed by atoms with Crippen LogP contribution in [0, 0.1) is 5.92 Å². The summed E-state index contributed by atoms with van der Waals surface area (Å²) in [6, 6.07) is 8.23. The minimum absolute atomic E-state index is 0.0121. The zero-order valence-corrected chi connectivity index (χ0v) is 17.9. The van der Waals surface area contributed by atoms with Crippen molar-refractivity contribution in [2.75, 3.05) is 33.8 Å². The van der Waals surface area contributed by atoms with Crippen molar-refractivity contribution in [3.05, 3.63) is 29.8 Å². The molecule has 0 unspecified atom stereocenters. The molecule has 6 nitrogen and oxygen atoms in total. The summed E-state index contributed by atoms with van der Waals surface area (Å²) >= 11 is 0. The van der Waals surface area contributed by atoms with Crippen LogP contribution in [0.4, 0.5) is 4.79 Å². The van der Waals surface area contributed by atoms with Crippen molar-refractivity contribution in [3.63, 3.8) is 0 Å². The van der Waals surface area contributed by atoms with Gasteiger partial charge in [-0.05, 0) is 70.1 Å². The van der Waals surface area contributed by atoms with E-state index in [0.29, 0.717) is 5.92 Å². The van der Waals surface area contributed by atoms with Crippen LogP contribution in [-0.2, 0) is 16.0 Å². The molecule has 0 spiro atoms. The SMILES string of the molecule is COc1ccc(CCC2CCN(C(=O)CN(C)C(=O)OC(C)(C)C)CC2)cc1. The van der Waals surface area contributed by atoms with Gasteiger partial charge in [0.05, 0.1) is 7.11 Å². The summed E-state index contributed by atoms with van der Waals surface area (Å²) in [5.41, 5.74) is 0.759. The van der Waals surface area contributed by atoms with Gasteiger partial charge in [0.15, 0.2) is 0 Å². The van der Waals surface area contributed by atoms with Crippen LogP contribution >= 0.6 is 0 Å². The number of carbonyl (C=O) groups is 2. The zero-order chi connectivity index (χ0) is 20.7. The third-order valence-electron chi connectivity index (χ3n) is 5.05. The fourth-order valence-electron chi connectivity index (χ4n) is 3.34. The Morgan fingerprint density at radius 1 is 1.14 bits per heavy atom. The smallest absolute Gasteiger partial charge is 0.410 e. The highest BCUT2D eigenvalue weighted by molar-refractivity contribution is 5.82. The number of amides is 2. The third-order valence-corrected chi connectivity index (χ3v) is 5.05. The number of ether oxygens (including phenoxy) is 2. The summed E-state index contributed by atoms with van der Waals surface area (Å²) in [7, 11) is 3.28. The molecular formula is C22H34N2O4. The third kappa shape index (κ3) is 7.06. The standard InChI is InChI=1S/C22H34N2O4/c1-22(2,3)28-21(26)23(4)16-20(25)24-14-12-18(13-15-24)7-6-17-8-10-19(27-5)11-9-17/h8-11,18H,6-7,12-16H2,1-5H3. The van der Waals surface area contributed by atoms with Gasteiger partial charge in [-0.2, -0.15) is 0 Å². The van der Waals surface area contributed by atoms with Crippen molar-refractivity contribution in [1.82, 2.24) is 9.80 Å². The normalized spacial score (nSPS) is 15.2. The van der Waals surface area contributed by atoms with E-state index in [2.05, 4.69) is 12.1 Å². The van der Waals surface area contributed by atoms with Crippen LogP contribution in [0.25, 0.3) is 0 Å². The van der Waals surface area contributed by atoms with Gasteiger partial charge in [-0.3, -0.25) is 4.79 Å². The lowest BCUT2D eigenvalue weighted by atomic mass is 9.90. The quantitative estimate of drug-likeness (QED) is 0.743. The maximum Gasteiger partial charge on any atom is 0.410 e. The number of rotatable bonds is 6. The first-order valence-electron chi connectivity index (χ1n) is 10.0. The molecule has 156 valence electrons. The molecule has 2 amide bonds. The molecule has 0 N–H and O–H groups in total. The molecule has 1 saturated heterocycles. The van der Waals surface area contributed by atoms with Gasteiger partial charge < -0.3 is 19.3 Å². The van der Waals surface area contributed by atoms with Crippen molar-refractivity contribution < 1.29 is 19.1 Å². The van der Waals surface area contributed by atoms with Gasteiger partial charge in [-0.25, -0.2) is 4.79 Å². The number of nitrogens with zero attached hydrogens (tertiary/aromatic N) is 2. The molecule has 0 radical (unpaired) electrons. The number of hydrogen-bond acceptors (Lipinski definition) is 4. The summed E-state index contributed by atoms with van der Waals surface area (Å²) in [4.78, 5) is 27.7. The topological polar surface area (TPSA) is 59.1 Å². The van der Waals surface area contributed by atoms with Crippen molar-refractivity contribution in [1.29, 1.82) is 0 Å². The predicted octanol–water partition coefficient (Wildman–Crippen LogP) is 3.73.